The zero-order valence-electron chi connectivity index (χ0n) is 31.4. The minimum atomic E-state index is -6.16. The lowest BCUT2D eigenvalue weighted by molar-refractivity contribution is -0.314. The van der Waals surface area contributed by atoms with Crippen LogP contribution in [-0.4, -0.2) is 88.3 Å². The number of alkyl halides is 10. The third kappa shape index (κ3) is 14.5. The van der Waals surface area contributed by atoms with Gasteiger partial charge in [-0.15, -0.1) is 0 Å². The normalized spacial score (nSPS) is 16.0. The number of benzene rings is 1. The van der Waals surface area contributed by atoms with Gasteiger partial charge in [-0.2, -0.15) is 35.1 Å². The summed E-state index contributed by atoms with van der Waals surface area (Å²) in [6.45, 7) is 11.2. The predicted molar refractivity (Wildman–Crippen MR) is 179 cm³/mol. The number of carbonyl (C=O) groups is 3. The first kappa shape index (κ1) is 48.9. The van der Waals surface area contributed by atoms with Crippen LogP contribution in [0.2, 0.25) is 24.7 Å². The van der Waals surface area contributed by atoms with Crippen molar-refractivity contribution in [2.45, 2.75) is 122 Å². The fraction of sp³-hybridized carbons (Fsp3) is 0.743. The minimum Gasteiger partial charge on any atom is -0.491 e. The number of halogens is 10. The van der Waals surface area contributed by atoms with Crippen molar-refractivity contribution in [3.05, 3.63) is 29.8 Å². The summed E-state index contributed by atoms with van der Waals surface area (Å²) >= 11 is 0. The van der Waals surface area contributed by atoms with Gasteiger partial charge in [-0.05, 0) is 61.3 Å². The highest BCUT2D eigenvalue weighted by molar-refractivity contribution is 6.79. The molecule has 0 aliphatic carbocycles. The summed E-state index contributed by atoms with van der Waals surface area (Å²) in [6, 6.07) is 6.31. The molecule has 312 valence electrons. The largest absolute Gasteiger partial charge is 0.491 e. The third-order valence-electron chi connectivity index (χ3n) is 9.75. The third-order valence-corrected chi connectivity index (χ3v) is 14.1. The molecule has 4 atom stereocenters. The first-order chi connectivity index (χ1) is 24.4. The van der Waals surface area contributed by atoms with E-state index in [1.165, 1.54) is 6.92 Å². The summed E-state index contributed by atoms with van der Waals surface area (Å²) in [5.74, 6) is -15.0. The van der Waals surface area contributed by atoms with Crippen LogP contribution in [0.15, 0.2) is 24.3 Å². The molecule has 0 radical (unpaired) electrons. The lowest BCUT2D eigenvalue weighted by atomic mass is 9.71. The molecule has 19 heteroatoms. The van der Waals surface area contributed by atoms with Gasteiger partial charge in [0.15, 0.2) is 6.61 Å². The Morgan fingerprint density at radius 3 is 1.91 bits per heavy atom. The second kappa shape index (κ2) is 19.2. The fourth-order valence-electron chi connectivity index (χ4n) is 5.34. The number of hydrogen-bond acceptors (Lipinski definition) is 8. The molecular weight excluding hydrogens is 766 g/mol. The average molecular weight is 817 g/mol. The van der Waals surface area contributed by atoms with E-state index >= 15 is 0 Å². The van der Waals surface area contributed by atoms with Crippen molar-refractivity contribution in [1.29, 1.82) is 0 Å². The maximum absolute atomic E-state index is 13.9. The molecule has 0 bridgehead atoms. The molecular formula is C35H50F10O8Si. The van der Waals surface area contributed by atoms with Gasteiger partial charge in [0.05, 0.1) is 30.5 Å². The average Bonchev–Trinajstić information content (AvgIpc) is 3.03. The van der Waals surface area contributed by atoms with Crippen LogP contribution in [-0.2, 0) is 28.6 Å². The van der Waals surface area contributed by atoms with Crippen LogP contribution in [0.5, 0.6) is 5.75 Å². The number of carbonyl (C=O) groups excluding carboxylic acids is 3. The van der Waals surface area contributed by atoms with E-state index in [0.717, 1.165) is 0 Å². The Morgan fingerprint density at radius 2 is 1.41 bits per heavy atom. The van der Waals surface area contributed by atoms with Crippen LogP contribution >= 0.6 is 0 Å². The Labute approximate surface area is 309 Å². The summed E-state index contributed by atoms with van der Waals surface area (Å²) in [5.41, 5.74) is -1.42. The van der Waals surface area contributed by atoms with E-state index in [1.54, 1.807) is 31.2 Å². The molecule has 0 aromatic heterocycles. The Hall–Kier alpha value is -3.09. The quantitative estimate of drug-likeness (QED) is 0.0431. The molecule has 0 amide bonds. The SMILES string of the molecule is CC(CC(C)(CC(C(=O)OCC(F)(F)C(F)F)C(C)C(=O)OC(C(F)(F)F)C(F)(F)F)C(=O)OCCCC(C)(C)[Si](C)(C)C)c1cccc(OCCO)c1. The van der Waals surface area contributed by atoms with E-state index in [0.29, 0.717) is 31.1 Å². The van der Waals surface area contributed by atoms with Gasteiger partial charge < -0.3 is 24.1 Å². The molecule has 0 saturated heterocycles. The van der Waals surface area contributed by atoms with Gasteiger partial charge >= 0.3 is 42.6 Å². The van der Waals surface area contributed by atoms with Crippen molar-refractivity contribution in [3.63, 3.8) is 0 Å². The van der Waals surface area contributed by atoms with E-state index in [4.69, 9.17) is 14.6 Å². The van der Waals surface area contributed by atoms with Crippen molar-refractivity contribution in [2.24, 2.45) is 17.3 Å². The van der Waals surface area contributed by atoms with E-state index in [1.807, 2.05) is 0 Å². The molecule has 1 rings (SSSR count). The van der Waals surface area contributed by atoms with Crippen LogP contribution in [0.4, 0.5) is 43.9 Å². The van der Waals surface area contributed by atoms with Gasteiger partial charge in [0.25, 0.3) is 6.10 Å². The summed E-state index contributed by atoms with van der Waals surface area (Å²) in [6.07, 6.45) is -21.5. The molecule has 1 aromatic carbocycles. The molecule has 0 heterocycles. The summed E-state index contributed by atoms with van der Waals surface area (Å²) in [7, 11) is -1.69. The highest BCUT2D eigenvalue weighted by atomic mass is 28.3. The molecule has 8 nitrogen and oxygen atoms in total. The van der Waals surface area contributed by atoms with Crippen molar-refractivity contribution < 1.29 is 82.3 Å². The number of esters is 3. The van der Waals surface area contributed by atoms with Crippen molar-refractivity contribution in [3.8, 4) is 5.75 Å². The zero-order chi connectivity index (χ0) is 42.1. The van der Waals surface area contributed by atoms with Crippen LogP contribution in [0, 0.1) is 17.3 Å². The second-order valence-corrected chi connectivity index (χ2v) is 21.2. The molecule has 0 fully saturated rings. The Bertz CT molecular complexity index is 1370. The number of aliphatic hydroxyl groups is 1. The molecule has 0 aliphatic heterocycles. The smallest absolute Gasteiger partial charge is 0.434 e. The molecule has 1 N–H and O–H groups in total. The maximum atomic E-state index is 13.9. The number of ether oxygens (including phenoxy) is 4. The van der Waals surface area contributed by atoms with Crippen LogP contribution in [0.1, 0.15) is 71.8 Å². The van der Waals surface area contributed by atoms with Crippen molar-refractivity contribution >= 4 is 26.0 Å². The van der Waals surface area contributed by atoms with E-state index in [9.17, 15) is 58.3 Å². The lowest BCUT2D eigenvalue weighted by Crippen LogP contribution is -2.48. The monoisotopic (exact) mass is 816 g/mol. The van der Waals surface area contributed by atoms with Gasteiger partial charge in [-0.25, -0.2) is 8.78 Å². The standard InChI is InChI=1S/C35H50F10O8Si/c1-21(23-11-9-12-24(17-23)50-16-14-46)18-32(5,30(49)51-15-10-13-31(3,4)54(6,7)8)19-25(27(48)52-20-33(38,39)29(36)37)22(2)26(47)53-28(34(40,41)42)35(43,44)45/h9,11-12,17,21-22,25,28-29,46H,10,13-16,18-20H2,1-8H3. The Kier molecular flexibility index (Phi) is 17.4. The zero-order valence-corrected chi connectivity index (χ0v) is 32.4. The van der Waals surface area contributed by atoms with E-state index in [-0.39, 0.29) is 31.3 Å². The topological polar surface area (TPSA) is 108 Å². The first-order valence-corrected chi connectivity index (χ1v) is 20.6. The summed E-state index contributed by atoms with van der Waals surface area (Å²) in [5, 5.41) is 9.01. The van der Waals surface area contributed by atoms with E-state index in [2.05, 4.69) is 43.0 Å². The lowest BCUT2D eigenvalue weighted by Gasteiger charge is -2.37. The molecule has 4 unspecified atom stereocenters. The van der Waals surface area contributed by atoms with Crippen LogP contribution in [0.25, 0.3) is 0 Å². The molecule has 0 saturated carbocycles. The van der Waals surface area contributed by atoms with Crippen LogP contribution in [0.3, 0.4) is 0 Å². The molecule has 0 spiro atoms. The number of hydrogen-bond donors (Lipinski definition) is 1. The van der Waals surface area contributed by atoms with Crippen molar-refractivity contribution in [2.75, 3.05) is 26.4 Å². The van der Waals surface area contributed by atoms with E-state index < -0.39 is 93.0 Å². The van der Waals surface area contributed by atoms with Crippen molar-refractivity contribution in [1.82, 2.24) is 0 Å². The van der Waals surface area contributed by atoms with Gasteiger partial charge in [-0.1, -0.05) is 59.5 Å². The summed E-state index contributed by atoms with van der Waals surface area (Å²) in [4.78, 5) is 40.0. The summed E-state index contributed by atoms with van der Waals surface area (Å²) < 4.78 is 152. The maximum Gasteiger partial charge on any atom is 0.434 e. The van der Waals surface area contributed by atoms with Gasteiger partial charge in [0, 0.05) is 8.07 Å². The first-order valence-electron chi connectivity index (χ1n) is 17.1. The van der Waals surface area contributed by atoms with Crippen LogP contribution < -0.4 is 4.74 Å². The fourth-order valence-corrected chi connectivity index (χ4v) is 6.27. The van der Waals surface area contributed by atoms with Gasteiger partial charge in [-0.3, -0.25) is 14.4 Å². The molecule has 0 aliphatic rings. The number of rotatable bonds is 21. The minimum absolute atomic E-state index is 0.0672. The predicted octanol–water partition coefficient (Wildman–Crippen LogP) is 9.12. The Balaban J connectivity index is 3.67. The van der Waals surface area contributed by atoms with Gasteiger partial charge in [0.1, 0.15) is 12.4 Å². The highest BCUT2D eigenvalue weighted by Crippen LogP contribution is 2.44. The molecule has 1 aromatic rings. The molecule has 54 heavy (non-hydrogen) atoms. The number of aliphatic hydroxyl groups excluding tert-OH is 1. The Morgan fingerprint density at radius 1 is 0.833 bits per heavy atom. The highest BCUT2D eigenvalue weighted by Gasteiger charge is 2.60. The van der Waals surface area contributed by atoms with Gasteiger partial charge in [0.2, 0.25) is 0 Å². The second-order valence-electron chi connectivity index (χ2n) is 15.4.